The topological polar surface area (TPSA) is 69.4 Å². The van der Waals surface area contributed by atoms with E-state index in [0.29, 0.717) is 23.3 Å². The Labute approximate surface area is 140 Å². The fraction of sp³-hybridized carbons (Fsp3) is 0.222. The molecule has 0 saturated carbocycles. The van der Waals surface area contributed by atoms with Gasteiger partial charge in [0.1, 0.15) is 6.04 Å². The van der Waals surface area contributed by atoms with Crippen LogP contribution in [0.2, 0.25) is 0 Å². The number of nitrogens with one attached hydrogen (secondary N) is 1. The largest absolute Gasteiger partial charge is 0.493 e. The van der Waals surface area contributed by atoms with Gasteiger partial charge in [0, 0.05) is 17.3 Å². The number of rotatable bonds is 6. The van der Waals surface area contributed by atoms with Crippen molar-refractivity contribution in [1.29, 1.82) is 0 Å². The van der Waals surface area contributed by atoms with Crippen LogP contribution in [0, 0.1) is 0 Å². The van der Waals surface area contributed by atoms with Gasteiger partial charge in [-0.1, -0.05) is 18.2 Å². The van der Waals surface area contributed by atoms with Crippen LogP contribution in [-0.4, -0.2) is 24.4 Å². The SMILES string of the molecule is COc1ccc(NC(C)c2nnc(-c3ccccc3)o2)cc1OC. The van der Waals surface area contributed by atoms with E-state index < -0.39 is 0 Å². The number of aromatic nitrogens is 2. The molecule has 3 aromatic rings. The predicted molar refractivity (Wildman–Crippen MR) is 91.3 cm³/mol. The summed E-state index contributed by atoms with van der Waals surface area (Å²) in [7, 11) is 3.21. The predicted octanol–water partition coefficient (Wildman–Crippen LogP) is 3.93. The van der Waals surface area contributed by atoms with Crippen LogP contribution in [0.3, 0.4) is 0 Å². The number of hydrogen-bond acceptors (Lipinski definition) is 6. The number of hydrogen-bond donors (Lipinski definition) is 1. The van der Waals surface area contributed by atoms with Gasteiger partial charge in [0.15, 0.2) is 11.5 Å². The van der Waals surface area contributed by atoms with Crippen LogP contribution in [0.15, 0.2) is 52.9 Å². The summed E-state index contributed by atoms with van der Waals surface area (Å²) in [4.78, 5) is 0. The molecule has 124 valence electrons. The Morgan fingerprint density at radius 3 is 2.42 bits per heavy atom. The second kappa shape index (κ2) is 7.04. The maximum Gasteiger partial charge on any atom is 0.247 e. The van der Waals surface area contributed by atoms with Gasteiger partial charge in [0.25, 0.3) is 0 Å². The van der Waals surface area contributed by atoms with E-state index in [9.17, 15) is 0 Å². The summed E-state index contributed by atoms with van der Waals surface area (Å²) >= 11 is 0. The normalized spacial score (nSPS) is 11.8. The monoisotopic (exact) mass is 325 g/mol. The third-order valence-electron chi connectivity index (χ3n) is 3.60. The molecule has 24 heavy (non-hydrogen) atoms. The van der Waals surface area contributed by atoms with Gasteiger partial charge < -0.3 is 19.2 Å². The Kier molecular flexibility index (Phi) is 4.65. The maximum atomic E-state index is 5.76. The molecule has 0 radical (unpaired) electrons. The van der Waals surface area contributed by atoms with Crippen molar-refractivity contribution in [3.63, 3.8) is 0 Å². The highest BCUT2D eigenvalue weighted by Gasteiger charge is 2.15. The smallest absolute Gasteiger partial charge is 0.247 e. The molecular formula is C18H19N3O3. The fourth-order valence-corrected chi connectivity index (χ4v) is 2.34. The van der Waals surface area contributed by atoms with Crippen molar-refractivity contribution < 1.29 is 13.9 Å². The highest BCUT2D eigenvalue weighted by molar-refractivity contribution is 5.55. The number of benzene rings is 2. The van der Waals surface area contributed by atoms with Gasteiger partial charge in [-0.15, -0.1) is 10.2 Å². The number of methoxy groups -OCH3 is 2. The van der Waals surface area contributed by atoms with Crippen molar-refractivity contribution in [3.8, 4) is 23.0 Å². The molecule has 0 aliphatic carbocycles. The van der Waals surface area contributed by atoms with Crippen LogP contribution >= 0.6 is 0 Å². The summed E-state index contributed by atoms with van der Waals surface area (Å²) in [5.74, 6) is 2.36. The van der Waals surface area contributed by atoms with Crippen molar-refractivity contribution in [2.24, 2.45) is 0 Å². The van der Waals surface area contributed by atoms with E-state index >= 15 is 0 Å². The molecule has 1 heterocycles. The molecule has 1 unspecified atom stereocenters. The van der Waals surface area contributed by atoms with Crippen LogP contribution in [0.1, 0.15) is 18.9 Å². The summed E-state index contributed by atoms with van der Waals surface area (Å²) in [5.41, 5.74) is 1.77. The van der Waals surface area contributed by atoms with E-state index in [4.69, 9.17) is 13.9 Å². The molecule has 0 aliphatic heterocycles. The van der Waals surface area contributed by atoms with Crippen LogP contribution in [-0.2, 0) is 0 Å². The van der Waals surface area contributed by atoms with Crippen molar-refractivity contribution in [2.45, 2.75) is 13.0 Å². The van der Waals surface area contributed by atoms with Crippen molar-refractivity contribution in [2.75, 3.05) is 19.5 Å². The van der Waals surface area contributed by atoms with E-state index in [2.05, 4.69) is 15.5 Å². The molecule has 1 atom stereocenters. The highest BCUT2D eigenvalue weighted by atomic mass is 16.5. The van der Waals surface area contributed by atoms with Gasteiger partial charge in [-0.2, -0.15) is 0 Å². The van der Waals surface area contributed by atoms with Gasteiger partial charge in [0.05, 0.1) is 14.2 Å². The summed E-state index contributed by atoms with van der Waals surface area (Å²) < 4.78 is 16.3. The van der Waals surface area contributed by atoms with Crippen molar-refractivity contribution in [3.05, 3.63) is 54.4 Å². The van der Waals surface area contributed by atoms with Crippen LogP contribution in [0.4, 0.5) is 5.69 Å². The van der Waals surface area contributed by atoms with E-state index in [0.717, 1.165) is 11.3 Å². The molecule has 1 N–H and O–H groups in total. The number of ether oxygens (including phenoxy) is 2. The van der Waals surface area contributed by atoms with E-state index in [-0.39, 0.29) is 6.04 Å². The molecule has 0 spiro atoms. The Hall–Kier alpha value is -3.02. The average molecular weight is 325 g/mol. The minimum Gasteiger partial charge on any atom is -0.493 e. The zero-order valence-corrected chi connectivity index (χ0v) is 13.8. The number of nitrogens with zero attached hydrogens (tertiary/aromatic N) is 2. The Balaban J connectivity index is 1.76. The van der Waals surface area contributed by atoms with Gasteiger partial charge in [-0.3, -0.25) is 0 Å². The first-order valence-corrected chi connectivity index (χ1v) is 7.58. The minimum absolute atomic E-state index is 0.145. The molecule has 2 aromatic carbocycles. The first-order valence-electron chi connectivity index (χ1n) is 7.58. The molecule has 0 bridgehead atoms. The first-order chi connectivity index (χ1) is 11.7. The lowest BCUT2D eigenvalue weighted by Gasteiger charge is -2.14. The third kappa shape index (κ3) is 3.32. The Morgan fingerprint density at radius 2 is 1.71 bits per heavy atom. The summed E-state index contributed by atoms with van der Waals surface area (Å²) in [6, 6.07) is 15.2. The summed E-state index contributed by atoms with van der Waals surface area (Å²) in [5, 5.41) is 11.6. The van der Waals surface area contributed by atoms with Crippen molar-refractivity contribution >= 4 is 5.69 Å². The van der Waals surface area contributed by atoms with E-state index in [1.165, 1.54) is 0 Å². The average Bonchev–Trinajstić information content (AvgIpc) is 3.12. The molecule has 3 rings (SSSR count). The lowest BCUT2D eigenvalue weighted by molar-refractivity contribution is 0.355. The zero-order chi connectivity index (χ0) is 16.9. The van der Waals surface area contributed by atoms with Crippen molar-refractivity contribution in [1.82, 2.24) is 10.2 Å². The highest BCUT2D eigenvalue weighted by Crippen LogP contribution is 2.31. The second-order valence-corrected chi connectivity index (χ2v) is 5.25. The Morgan fingerprint density at radius 1 is 0.958 bits per heavy atom. The molecule has 6 heteroatoms. The van der Waals surface area contributed by atoms with Gasteiger partial charge in [-0.05, 0) is 31.2 Å². The standard InChI is InChI=1S/C18H19N3O3/c1-12(19-14-9-10-15(22-2)16(11-14)23-3)17-20-21-18(24-17)13-7-5-4-6-8-13/h4-12,19H,1-3H3. The van der Waals surface area contributed by atoms with E-state index in [1.54, 1.807) is 14.2 Å². The molecule has 6 nitrogen and oxygen atoms in total. The molecule has 0 saturated heterocycles. The molecule has 1 aromatic heterocycles. The molecule has 0 amide bonds. The first kappa shape index (κ1) is 15.9. The zero-order valence-electron chi connectivity index (χ0n) is 13.8. The summed E-state index contributed by atoms with van der Waals surface area (Å²) in [6.45, 7) is 1.96. The molecule has 0 fully saturated rings. The van der Waals surface area contributed by atoms with Gasteiger partial charge >= 0.3 is 0 Å². The number of anilines is 1. The van der Waals surface area contributed by atoms with Gasteiger partial charge in [0.2, 0.25) is 11.8 Å². The Bertz CT molecular complexity index is 802. The van der Waals surface area contributed by atoms with Crippen LogP contribution in [0.25, 0.3) is 11.5 Å². The molecular weight excluding hydrogens is 306 g/mol. The quantitative estimate of drug-likeness (QED) is 0.740. The third-order valence-corrected chi connectivity index (χ3v) is 3.60. The fourth-order valence-electron chi connectivity index (χ4n) is 2.34. The van der Waals surface area contributed by atoms with Gasteiger partial charge in [-0.25, -0.2) is 0 Å². The minimum atomic E-state index is -0.145. The lowest BCUT2D eigenvalue weighted by atomic mass is 10.2. The summed E-state index contributed by atoms with van der Waals surface area (Å²) in [6.07, 6.45) is 0. The molecule has 0 aliphatic rings. The maximum absolute atomic E-state index is 5.76. The van der Waals surface area contributed by atoms with Crippen LogP contribution < -0.4 is 14.8 Å². The lowest BCUT2D eigenvalue weighted by Crippen LogP contribution is -2.07. The second-order valence-electron chi connectivity index (χ2n) is 5.25. The van der Waals surface area contributed by atoms with E-state index in [1.807, 2.05) is 55.5 Å². The van der Waals surface area contributed by atoms with Crippen LogP contribution in [0.5, 0.6) is 11.5 Å².